The van der Waals surface area contributed by atoms with E-state index in [1.807, 2.05) is 19.1 Å². The van der Waals surface area contributed by atoms with Crippen molar-refractivity contribution in [1.29, 1.82) is 0 Å². The molecule has 1 aromatic carbocycles. The Balaban J connectivity index is 2.07. The predicted molar refractivity (Wildman–Crippen MR) is 73.0 cm³/mol. The van der Waals surface area contributed by atoms with Gasteiger partial charge in [0.05, 0.1) is 19.8 Å². The fourth-order valence-corrected chi connectivity index (χ4v) is 2.38. The lowest BCUT2D eigenvalue weighted by Gasteiger charge is -2.42. The fourth-order valence-electron chi connectivity index (χ4n) is 2.38. The summed E-state index contributed by atoms with van der Waals surface area (Å²) in [5.41, 5.74) is 7.38. The van der Waals surface area contributed by atoms with Gasteiger partial charge in [0.15, 0.2) is 0 Å². The van der Waals surface area contributed by atoms with Crippen LogP contribution in [-0.4, -0.2) is 25.9 Å². The molecule has 0 amide bonds. The Bertz CT molecular complexity index is 369. The van der Waals surface area contributed by atoms with Crippen molar-refractivity contribution in [1.82, 2.24) is 0 Å². The molecule has 0 spiro atoms. The Hall–Kier alpha value is -1.06. The lowest BCUT2D eigenvalue weighted by molar-refractivity contribution is -0.0657. The summed E-state index contributed by atoms with van der Waals surface area (Å²) in [6, 6.07) is 8.67. The van der Waals surface area contributed by atoms with Gasteiger partial charge in [0.25, 0.3) is 0 Å². The molecule has 3 nitrogen and oxygen atoms in total. The lowest BCUT2D eigenvalue weighted by atomic mass is 9.74. The van der Waals surface area contributed by atoms with Gasteiger partial charge in [-0.25, -0.2) is 0 Å². The second kappa shape index (κ2) is 5.72. The third-order valence-electron chi connectivity index (χ3n) is 3.61. The van der Waals surface area contributed by atoms with Gasteiger partial charge in [-0.05, 0) is 44.4 Å². The predicted octanol–water partition coefficient (Wildman–Crippen LogP) is 2.48. The maximum atomic E-state index is 5.86. The van der Waals surface area contributed by atoms with Crippen LogP contribution in [0.15, 0.2) is 24.3 Å². The van der Waals surface area contributed by atoms with Crippen LogP contribution in [0.2, 0.25) is 0 Å². The van der Waals surface area contributed by atoms with E-state index >= 15 is 0 Å². The Morgan fingerprint density at radius 2 is 2.00 bits per heavy atom. The first-order valence-electron chi connectivity index (χ1n) is 6.73. The normalized spacial score (nSPS) is 19.1. The van der Waals surface area contributed by atoms with E-state index < -0.39 is 0 Å². The minimum absolute atomic E-state index is 0.179. The highest BCUT2D eigenvalue weighted by Gasteiger charge is 2.39. The first-order chi connectivity index (χ1) is 8.66. The van der Waals surface area contributed by atoms with Crippen molar-refractivity contribution in [3.63, 3.8) is 0 Å². The molecular formula is C15H23NO2. The van der Waals surface area contributed by atoms with Crippen LogP contribution in [0.3, 0.4) is 0 Å². The fraction of sp³-hybridized carbons (Fsp3) is 0.600. The Kier molecular flexibility index (Phi) is 4.25. The Morgan fingerprint density at radius 1 is 1.33 bits per heavy atom. The molecule has 0 aromatic heterocycles. The van der Waals surface area contributed by atoms with Crippen molar-refractivity contribution in [3.05, 3.63) is 29.8 Å². The van der Waals surface area contributed by atoms with Gasteiger partial charge in [0.2, 0.25) is 0 Å². The zero-order valence-corrected chi connectivity index (χ0v) is 11.3. The summed E-state index contributed by atoms with van der Waals surface area (Å²) in [6.07, 6.45) is 2.13. The van der Waals surface area contributed by atoms with E-state index in [1.165, 1.54) is 5.56 Å². The molecule has 1 atom stereocenters. The maximum absolute atomic E-state index is 5.86. The molecule has 0 saturated carbocycles. The van der Waals surface area contributed by atoms with Crippen LogP contribution in [0.4, 0.5) is 0 Å². The topological polar surface area (TPSA) is 44.5 Å². The number of nitrogens with two attached hydrogens (primary N) is 1. The van der Waals surface area contributed by atoms with Gasteiger partial charge in [0, 0.05) is 11.5 Å². The first kappa shape index (κ1) is 13.4. The molecular weight excluding hydrogens is 226 g/mol. The molecule has 100 valence electrons. The third kappa shape index (κ3) is 2.85. The van der Waals surface area contributed by atoms with E-state index in [1.54, 1.807) is 0 Å². The van der Waals surface area contributed by atoms with Crippen LogP contribution in [0, 0.1) is 0 Å². The van der Waals surface area contributed by atoms with Gasteiger partial charge in [-0.2, -0.15) is 0 Å². The van der Waals surface area contributed by atoms with Crippen molar-refractivity contribution >= 4 is 0 Å². The molecule has 1 aliphatic heterocycles. The van der Waals surface area contributed by atoms with Gasteiger partial charge in [0.1, 0.15) is 5.75 Å². The monoisotopic (exact) mass is 249 g/mol. The number of hydrogen-bond donors (Lipinski definition) is 1. The molecule has 2 N–H and O–H groups in total. The summed E-state index contributed by atoms with van der Waals surface area (Å²) in [5, 5.41) is 0. The Labute approximate surface area is 109 Å². The summed E-state index contributed by atoms with van der Waals surface area (Å²) < 4.78 is 10.9. The molecule has 18 heavy (non-hydrogen) atoms. The average Bonchev–Trinajstić information content (AvgIpc) is 2.30. The molecule has 2 rings (SSSR count). The first-order valence-corrected chi connectivity index (χ1v) is 6.73. The van der Waals surface area contributed by atoms with E-state index in [4.69, 9.17) is 15.2 Å². The number of rotatable bonds is 6. The van der Waals surface area contributed by atoms with Crippen molar-refractivity contribution in [2.45, 2.75) is 38.1 Å². The van der Waals surface area contributed by atoms with Gasteiger partial charge < -0.3 is 15.2 Å². The Morgan fingerprint density at radius 3 is 2.44 bits per heavy atom. The van der Waals surface area contributed by atoms with Crippen LogP contribution >= 0.6 is 0 Å². The van der Waals surface area contributed by atoms with Gasteiger partial charge in [-0.3, -0.25) is 0 Å². The van der Waals surface area contributed by atoms with Crippen molar-refractivity contribution in [2.75, 3.05) is 19.8 Å². The summed E-state index contributed by atoms with van der Waals surface area (Å²) in [5.74, 6) is 0.934. The average molecular weight is 249 g/mol. The summed E-state index contributed by atoms with van der Waals surface area (Å²) in [7, 11) is 0. The minimum Gasteiger partial charge on any atom is -0.494 e. The summed E-state index contributed by atoms with van der Waals surface area (Å²) in [4.78, 5) is 0. The maximum Gasteiger partial charge on any atom is 0.119 e. The highest BCUT2D eigenvalue weighted by atomic mass is 16.5. The van der Waals surface area contributed by atoms with Crippen molar-refractivity contribution in [3.8, 4) is 5.75 Å². The second-order valence-electron chi connectivity index (χ2n) is 5.25. The largest absolute Gasteiger partial charge is 0.494 e. The standard InChI is InChI=1S/C15H23NO2/c1-3-18-14-6-4-13(5-7-14)15(10-17-11-15)9-8-12(2)16/h4-7,12H,3,8-11,16H2,1-2H3. The molecule has 1 aromatic rings. The quantitative estimate of drug-likeness (QED) is 0.842. The molecule has 1 fully saturated rings. The van der Waals surface area contributed by atoms with Crippen LogP contribution in [-0.2, 0) is 10.2 Å². The second-order valence-corrected chi connectivity index (χ2v) is 5.25. The highest BCUT2D eigenvalue weighted by molar-refractivity contribution is 5.34. The molecule has 0 radical (unpaired) electrons. The molecule has 0 aliphatic carbocycles. The zero-order valence-electron chi connectivity index (χ0n) is 11.3. The van der Waals surface area contributed by atoms with Gasteiger partial charge in [-0.1, -0.05) is 12.1 Å². The van der Waals surface area contributed by atoms with E-state index in [0.29, 0.717) is 6.61 Å². The molecule has 0 bridgehead atoms. The van der Waals surface area contributed by atoms with E-state index in [0.717, 1.165) is 31.8 Å². The number of benzene rings is 1. The van der Waals surface area contributed by atoms with E-state index in [9.17, 15) is 0 Å². The van der Waals surface area contributed by atoms with Gasteiger partial charge >= 0.3 is 0 Å². The lowest BCUT2D eigenvalue weighted by Crippen LogP contribution is -2.47. The molecule has 1 heterocycles. The van der Waals surface area contributed by atoms with Crippen molar-refractivity contribution < 1.29 is 9.47 Å². The van der Waals surface area contributed by atoms with Crippen LogP contribution < -0.4 is 10.5 Å². The SMILES string of the molecule is CCOc1ccc(C2(CCC(C)N)COC2)cc1. The molecule has 3 heteroatoms. The van der Waals surface area contributed by atoms with Crippen LogP contribution in [0.1, 0.15) is 32.3 Å². The summed E-state index contributed by atoms with van der Waals surface area (Å²) >= 11 is 0. The van der Waals surface area contributed by atoms with Crippen molar-refractivity contribution in [2.24, 2.45) is 5.73 Å². The van der Waals surface area contributed by atoms with Gasteiger partial charge in [-0.15, -0.1) is 0 Å². The zero-order chi connectivity index (χ0) is 13.0. The highest BCUT2D eigenvalue weighted by Crippen LogP contribution is 2.37. The third-order valence-corrected chi connectivity index (χ3v) is 3.61. The molecule has 1 saturated heterocycles. The van der Waals surface area contributed by atoms with Crippen LogP contribution in [0.5, 0.6) is 5.75 Å². The minimum atomic E-state index is 0.179. The smallest absolute Gasteiger partial charge is 0.119 e. The summed E-state index contributed by atoms with van der Waals surface area (Å²) in [6.45, 7) is 6.39. The number of ether oxygens (including phenoxy) is 2. The van der Waals surface area contributed by atoms with E-state index in [-0.39, 0.29) is 11.5 Å². The number of hydrogen-bond acceptors (Lipinski definition) is 3. The van der Waals surface area contributed by atoms with Crippen LogP contribution in [0.25, 0.3) is 0 Å². The molecule has 1 aliphatic rings. The molecule has 1 unspecified atom stereocenters. The van der Waals surface area contributed by atoms with E-state index in [2.05, 4.69) is 19.1 Å².